The van der Waals surface area contributed by atoms with Crippen LogP contribution in [-0.4, -0.2) is 32.3 Å². The van der Waals surface area contributed by atoms with Gasteiger partial charge in [0.05, 0.1) is 12.8 Å². The molecule has 0 atom stereocenters. The zero-order valence-electron chi connectivity index (χ0n) is 11.9. The van der Waals surface area contributed by atoms with Crippen molar-refractivity contribution in [2.75, 3.05) is 31.6 Å². The minimum absolute atomic E-state index is 0.144. The lowest BCUT2D eigenvalue weighted by atomic mass is 10.0. The van der Waals surface area contributed by atoms with Crippen molar-refractivity contribution in [3.8, 4) is 5.75 Å². The first-order valence-electron chi connectivity index (χ1n) is 6.66. The fraction of sp³-hybridized carbons (Fsp3) is 0.600. The number of hydrogen-bond acceptors (Lipinski definition) is 3. The van der Waals surface area contributed by atoms with Crippen LogP contribution in [-0.2, 0) is 0 Å². The third-order valence-corrected chi connectivity index (χ3v) is 3.47. The predicted octanol–water partition coefficient (Wildman–Crippen LogP) is 2.58. The summed E-state index contributed by atoms with van der Waals surface area (Å²) in [4.78, 5) is 2.44. The second-order valence-corrected chi connectivity index (χ2v) is 5.76. The lowest BCUT2D eigenvalue weighted by molar-refractivity contribution is 0.404. The fourth-order valence-corrected chi connectivity index (χ4v) is 2.56. The van der Waals surface area contributed by atoms with Crippen molar-refractivity contribution >= 4 is 5.69 Å². The Kier molecular flexibility index (Phi) is 3.81. The summed E-state index contributed by atoms with van der Waals surface area (Å²) in [6, 6.07) is 6.39. The number of rotatable bonds is 2. The van der Waals surface area contributed by atoms with Crippen LogP contribution in [0.1, 0.15) is 25.8 Å². The molecule has 1 N–H and O–H groups in total. The summed E-state index contributed by atoms with van der Waals surface area (Å²) in [7, 11) is 1.75. The van der Waals surface area contributed by atoms with Crippen LogP contribution in [0.25, 0.3) is 0 Å². The second-order valence-electron chi connectivity index (χ2n) is 5.76. The third-order valence-electron chi connectivity index (χ3n) is 3.47. The molecule has 1 aliphatic heterocycles. The van der Waals surface area contributed by atoms with E-state index in [9.17, 15) is 0 Å². The number of benzene rings is 1. The van der Waals surface area contributed by atoms with Crippen molar-refractivity contribution in [1.29, 1.82) is 0 Å². The first-order valence-corrected chi connectivity index (χ1v) is 6.66. The smallest absolute Gasteiger partial charge is 0.142 e. The average molecular weight is 248 g/mol. The van der Waals surface area contributed by atoms with Gasteiger partial charge < -0.3 is 15.0 Å². The van der Waals surface area contributed by atoms with Gasteiger partial charge in [0.15, 0.2) is 0 Å². The number of ether oxygens (including phenoxy) is 1. The van der Waals surface area contributed by atoms with E-state index in [0.717, 1.165) is 25.4 Å². The van der Waals surface area contributed by atoms with E-state index in [4.69, 9.17) is 4.74 Å². The molecule has 0 spiro atoms. The van der Waals surface area contributed by atoms with Crippen LogP contribution >= 0.6 is 0 Å². The van der Waals surface area contributed by atoms with Crippen molar-refractivity contribution in [3.63, 3.8) is 0 Å². The molecule has 1 aromatic rings. The highest BCUT2D eigenvalue weighted by Crippen LogP contribution is 2.31. The van der Waals surface area contributed by atoms with E-state index in [1.54, 1.807) is 7.11 Å². The molecule has 0 aliphatic carbocycles. The van der Waals surface area contributed by atoms with Crippen LogP contribution in [0.5, 0.6) is 5.75 Å². The molecule has 1 aromatic carbocycles. The molecule has 0 radical (unpaired) electrons. The zero-order chi connectivity index (χ0) is 13.2. The molecule has 0 bridgehead atoms. The van der Waals surface area contributed by atoms with Gasteiger partial charge >= 0.3 is 0 Å². The second kappa shape index (κ2) is 5.19. The van der Waals surface area contributed by atoms with Crippen LogP contribution in [0.2, 0.25) is 0 Å². The fourth-order valence-electron chi connectivity index (χ4n) is 2.56. The van der Waals surface area contributed by atoms with Gasteiger partial charge in [-0.25, -0.2) is 0 Å². The third kappa shape index (κ3) is 2.96. The quantitative estimate of drug-likeness (QED) is 0.870. The molecule has 1 heterocycles. The normalized spacial score (nSPS) is 19.4. The van der Waals surface area contributed by atoms with Crippen LogP contribution in [0.3, 0.4) is 0 Å². The highest BCUT2D eigenvalue weighted by molar-refractivity contribution is 5.60. The van der Waals surface area contributed by atoms with E-state index in [1.807, 2.05) is 0 Å². The summed E-state index contributed by atoms with van der Waals surface area (Å²) in [5.41, 5.74) is 2.64. The van der Waals surface area contributed by atoms with Crippen LogP contribution in [0.4, 0.5) is 5.69 Å². The summed E-state index contributed by atoms with van der Waals surface area (Å²) < 4.78 is 5.50. The summed E-state index contributed by atoms with van der Waals surface area (Å²) in [5, 5.41) is 3.59. The minimum Gasteiger partial charge on any atom is -0.495 e. The topological polar surface area (TPSA) is 24.5 Å². The standard InChI is InChI=1S/C15H24N2O/c1-12-6-7-14(18-4)13(10-12)17-9-5-8-16-15(2,3)11-17/h6-7,10,16H,5,8-9,11H2,1-4H3. The Morgan fingerprint density at radius 3 is 2.83 bits per heavy atom. The molecular formula is C15H24N2O. The summed E-state index contributed by atoms with van der Waals surface area (Å²) in [6.07, 6.45) is 1.17. The summed E-state index contributed by atoms with van der Waals surface area (Å²) in [5.74, 6) is 0.971. The Hall–Kier alpha value is -1.22. The highest BCUT2D eigenvalue weighted by atomic mass is 16.5. The molecule has 100 valence electrons. The van der Waals surface area contributed by atoms with Crippen molar-refractivity contribution in [2.24, 2.45) is 0 Å². The number of aryl methyl sites for hydroxylation is 1. The molecule has 3 nitrogen and oxygen atoms in total. The minimum atomic E-state index is 0.144. The predicted molar refractivity (Wildman–Crippen MR) is 76.6 cm³/mol. The molecule has 0 saturated carbocycles. The maximum absolute atomic E-state index is 5.50. The number of nitrogens with one attached hydrogen (secondary N) is 1. The highest BCUT2D eigenvalue weighted by Gasteiger charge is 2.25. The van der Waals surface area contributed by atoms with E-state index in [-0.39, 0.29) is 5.54 Å². The van der Waals surface area contributed by atoms with Crippen LogP contribution < -0.4 is 15.0 Å². The number of methoxy groups -OCH3 is 1. The van der Waals surface area contributed by atoms with Gasteiger partial charge in [0.25, 0.3) is 0 Å². The van der Waals surface area contributed by atoms with Crippen molar-refractivity contribution in [1.82, 2.24) is 5.32 Å². The van der Waals surface area contributed by atoms with E-state index in [1.165, 1.54) is 17.7 Å². The van der Waals surface area contributed by atoms with Gasteiger partial charge in [-0.05, 0) is 51.4 Å². The van der Waals surface area contributed by atoms with Crippen molar-refractivity contribution in [2.45, 2.75) is 32.7 Å². The first kappa shape index (κ1) is 13.2. The Balaban J connectivity index is 2.31. The van der Waals surface area contributed by atoms with Crippen molar-refractivity contribution in [3.05, 3.63) is 23.8 Å². The maximum atomic E-state index is 5.50. The van der Waals surface area contributed by atoms with Crippen molar-refractivity contribution < 1.29 is 4.74 Å². The van der Waals surface area contributed by atoms with Gasteiger partial charge in [-0.2, -0.15) is 0 Å². The molecule has 18 heavy (non-hydrogen) atoms. The summed E-state index contributed by atoms with van der Waals surface area (Å²) in [6.45, 7) is 9.81. The molecule has 0 amide bonds. The molecule has 0 unspecified atom stereocenters. The molecule has 0 aromatic heterocycles. The molecular weight excluding hydrogens is 224 g/mol. The maximum Gasteiger partial charge on any atom is 0.142 e. The molecule has 1 saturated heterocycles. The lowest BCUT2D eigenvalue weighted by Crippen LogP contribution is -2.46. The Bertz CT molecular complexity index is 415. The molecule has 1 aliphatic rings. The Labute approximate surface area is 110 Å². The average Bonchev–Trinajstić information content (AvgIpc) is 2.50. The summed E-state index contributed by atoms with van der Waals surface area (Å²) >= 11 is 0. The van der Waals surface area contributed by atoms with E-state index in [2.05, 4.69) is 49.2 Å². The van der Waals surface area contributed by atoms with E-state index < -0.39 is 0 Å². The van der Waals surface area contributed by atoms with Gasteiger partial charge in [-0.1, -0.05) is 6.07 Å². The van der Waals surface area contributed by atoms with E-state index in [0.29, 0.717) is 0 Å². The van der Waals surface area contributed by atoms with Crippen LogP contribution in [0.15, 0.2) is 18.2 Å². The van der Waals surface area contributed by atoms with Gasteiger partial charge in [-0.3, -0.25) is 0 Å². The van der Waals surface area contributed by atoms with Gasteiger partial charge in [-0.15, -0.1) is 0 Å². The Morgan fingerprint density at radius 1 is 1.33 bits per heavy atom. The lowest BCUT2D eigenvalue weighted by Gasteiger charge is -2.32. The number of anilines is 1. The molecule has 3 heteroatoms. The number of hydrogen-bond donors (Lipinski definition) is 1. The van der Waals surface area contributed by atoms with Gasteiger partial charge in [0, 0.05) is 18.6 Å². The SMILES string of the molecule is COc1ccc(C)cc1N1CCCNC(C)(C)C1. The monoisotopic (exact) mass is 248 g/mol. The van der Waals surface area contributed by atoms with E-state index >= 15 is 0 Å². The van der Waals surface area contributed by atoms with Gasteiger partial charge in [0.2, 0.25) is 0 Å². The van der Waals surface area contributed by atoms with Crippen LogP contribution in [0, 0.1) is 6.92 Å². The first-order chi connectivity index (χ1) is 8.52. The molecule has 1 fully saturated rings. The zero-order valence-corrected chi connectivity index (χ0v) is 11.9. The Morgan fingerprint density at radius 2 is 2.11 bits per heavy atom. The molecule has 2 rings (SSSR count). The number of nitrogens with zero attached hydrogens (tertiary/aromatic N) is 1. The largest absolute Gasteiger partial charge is 0.495 e. The van der Waals surface area contributed by atoms with Gasteiger partial charge in [0.1, 0.15) is 5.75 Å².